The highest BCUT2D eigenvalue weighted by molar-refractivity contribution is 6.30. The SMILES string of the molecule is C[C@@H](NC(=O)CC1CCN(C(=O)Nc2cccc(Cl)c2)CC1)c1ccc2c(c1)OCCO2. The van der Waals surface area contributed by atoms with Gasteiger partial charge in [-0.15, -0.1) is 0 Å². The van der Waals surface area contributed by atoms with Gasteiger partial charge in [0.05, 0.1) is 6.04 Å². The van der Waals surface area contributed by atoms with E-state index in [9.17, 15) is 9.59 Å². The van der Waals surface area contributed by atoms with E-state index in [2.05, 4.69) is 10.6 Å². The second-order valence-electron chi connectivity index (χ2n) is 8.27. The summed E-state index contributed by atoms with van der Waals surface area (Å²) in [7, 11) is 0. The molecular formula is C24H28ClN3O4. The summed E-state index contributed by atoms with van der Waals surface area (Å²) in [4.78, 5) is 26.9. The minimum absolute atomic E-state index is 0.0224. The molecule has 1 fully saturated rings. The fourth-order valence-corrected chi connectivity index (χ4v) is 4.27. The van der Waals surface area contributed by atoms with Gasteiger partial charge in [-0.2, -0.15) is 0 Å². The average Bonchev–Trinajstić information content (AvgIpc) is 2.79. The Hall–Kier alpha value is -2.93. The largest absolute Gasteiger partial charge is 0.486 e. The predicted octanol–water partition coefficient (Wildman–Crippen LogP) is 4.62. The monoisotopic (exact) mass is 457 g/mol. The highest BCUT2D eigenvalue weighted by Crippen LogP contribution is 2.32. The molecule has 8 heteroatoms. The van der Waals surface area contributed by atoms with Crippen LogP contribution in [0.25, 0.3) is 0 Å². The quantitative estimate of drug-likeness (QED) is 0.686. The van der Waals surface area contributed by atoms with Crippen molar-refractivity contribution in [2.24, 2.45) is 5.92 Å². The van der Waals surface area contributed by atoms with Gasteiger partial charge in [-0.3, -0.25) is 4.79 Å². The molecule has 0 bridgehead atoms. The van der Waals surface area contributed by atoms with Crippen molar-refractivity contribution in [3.8, 4) is 11.5 Å². The Balaban J connectivity index is 1.22. The van der Waals surface area contributed by atoms with Gasteiger partial charge in [-0.05, 0) is 61.6 Å². The van der Waals surface area contributed by atoms with Crippen LogP contribution < -0.4 is 20.1 Å². The Morgan fingerprint density at radius 1 is 1.09 bits per heavy atom. The van der Waals surface area contributed by atoms with E-state index < -0.39 is 0 Å². The topological polar surface area (TPSA) is 79.9 Å². The molecule has 0 aliphatic carbocycles. The van der Waals surface area contributed by atoms with Crippen LogP contribution in [0.15, 0.2) is 42.5 Å². The lowest BCUT2D eigenvalue weighted by molar-refractivity contribution is -0.122. The first-order chi connectivity index (χ1) is 15.5. The summed E-state index contributed by atoms with van der Waals surface area (Å²) in [5, 5.41) is 6.54. The maximum absolute atomic E-state index is 12.6. The number of carbonyl (C=O) groups excluding carboxylic acids is 2. The van der Waals surface area contributed by atoms with Gasteiger partial charge in [0.25, 0.3) is 0 Å². The number of anilines is 1. The number of amides is 3. The summed E-state index contributed by atoms with van der Waals surface area (Å²) in [6.07, 6.45) is 2.06. The molecule has 0 spiro atoms. The first-order valence-electron chi connectivity index (χ1n) is 11.0. The maximum atomic E-state index is 12.6. The van der Waals surface area contributed by atoms with E-state index in [1.165, 1.54) is 0 Å². The molecule has 7 nitrogen and oxygen atoms in total. The molecular weight excluding hydrogens is 430 g/mol. The van der Waals surface area contributed by atoms with E-state index in [0.717, 1.165) is 29.9 Å². The van der Waals surface area contributed by atoms with Crippen molar-refractivity contribution in [3.05, 3.63) is 53.1 Å². The number of rotatable bonds is 5. The smallest absolute Gasteiger partial charge is 0.321 e. The van der Waals surface area contributed by atoms with Crippen LogP contribution in [0, 0.1) is 5.92 Å². The lowest BCUT2D eigenvalue weighted by Crippen LogP contribution is -2.42. The standard InChI is InChI=1S/C24H28ClN3O4/c1-16(18-5-6-21-22(14-18)32-12-11-31-21)26-23(29)13-17-7-9-28(10-8-17)24(30)27-20-4-2-3-19(25)15-20/h2-6,14-17H,7-13H2,1H3,(H,26,29)(H,27,30)/t16-/m1/s1. The number of nitrogens with one attached hydrogen (secondary N) is 2. The van der Waals surface area contributed by atoms with Crippen LogP contribution in [-0.4, -0.2) is 43.1 Å². The van der Waals surface area contributed by atoms with Crippen LogP contribution in [0.4, 0.5) is 10.5 Å². The molecule has 1 saturated heterocycles. The number of fused-ring (bicyclic) bond motifs is 1. The van der Waals surface area contributed by atoms with Crippen molar-refractivity contribution in [1.82, 2.24) is 10.2 Å². The Labute approximate surface area is 193 Å². The molecule has 0 saturated carbocycles. The number of likely N-dealkylation sites (tertiary alicyclic amines) is 1. The van der Waals surface area contributed by atoms with E-state index in [4.69, 9.17) is 21.1 Å². The third kappa shape index (κ3) is 5.65. The molecule has 2 aromatic rings. The van der Waals surface area contributed by atoms with Gasteiger partial charge in [-0.1, -0.05) is 23.7 Å². The molecule has 2 aromatic carbocycles. The van der Waals surface area contributed by atoms with Crippen molar-refractivity contribution < 1.29 is 19.1 Å². The van der Waals surface area contributed by atoms with E-state index in [0.29, 0.717) is 43.4 Å². The summed E-state index contributed by atoms with van der Waals surface area (Å²) < 4.78 is 11.2. The first-order valence-corrected chi connectivity index (χ1v) is 11.4. The van der Waals surface area contributed by atoms with E-state index in [1.807, 2.05) is 31.2 Å². The molecule has 0 radical (unpaired) electrons. The fourth-order valence-electron chi connectivity index (χ4n) is 4.08. The number of halogens is 1. The van der Waals surface area contributed by atoms with Gasteiger partial charge in [-0.25, -0.2) is 4.79 Å². The molecule has 170 valence electrons. The number of hydrogen-bond donors (Lipinski definition) is 2. The highest BCUT2D eigenvalue weighted by atomic mass is 35.5. The molecule has 2 aliphatic heterocycles. The Bertz CT molecular complexity index is 975. The minimum Gasteiger partial charge on any atom is -0.486 e. The number of hydrogen-bond acceptors (Lipinski definition) is 4. The number of piperidine rings is 1. The van der Waals surface area contributed by atoms with Gasteiger partial charge in [0.1, 0.15) is 13.2 Å². The Kier molecular flexibility index (Phi) is 7.05. The average molecular weight is 458 g/mol. The van der Waals surface area contributed by atoms with Crippen molar-refractivity contribution in [2.45, 2.75) is 32.2 Å². The van der Waals surface area contributed by atoms with Crippen LogP contribution in [0.1, 0.15) is 37.8 Å². The Morgan fingerprint density at radius 2 is 1.84 bits per heavy atom. The van der Waals surface area contributed by atoms with Crippen molar-refractivity contribution in [1.29, 1.82) is 0 Å². The lowest BCUT2D eigenvalue weighted by atomic mass is 9.93. The zero-order chi connectivity index (χ0) is 22.5. The second kappa shape index (κ2) is 10.1. The number of carbonyl (C=O) groups is 2. The number of ether oxygens (including phenoxy) is 2. The fraction of sp³-hybridized carbons (Fsp3) is 0.417. The molecule has 4 rings (SSSR count). The summed E-state index contributed by atoms with van der Waals surface area (Å²) in [6.45, 7) is 4.31. The molecule has 3 amide bonds. The lowest BCUT2D eigenvalue weighted by Gasteiger charge is -2.32. The minimum atomic E-state index is -0.137. The highest BCUT2D eigenvalue weighted by Gasteiger charge is 2.25. The number of urea groups is 1. The van der Waals surface area contributed by atoms with Gasteiger partial charge in [0, 0.05) is 30.2 Å². The summed E-state index contributed by atoms with van der Waals surface area (Å²) in [5.41, 5.74) is 1.66. The number of benzene rings is 2. The van der Waals surface area contributed by atoms with Gasteiger partial charge in [0.2, 0.25) is 5.91 Å². The summed E-state index contributed by atoms with van der Waals surface area (Å²) >= 11 is 5.97. The predicted molar refractivity (Wildman–Crippen MR) is 123 cm³/mol. The third-order valence-corrected chi connectivity index (χ3v) is 6.13. The van der Waals surface area contributed by atoms with Crippen LogP contribution in [0.5, 0.6) is 11.5 Å². The van der Waals surface area contributed by atoms with Crippen LogP contribution in [0.2, 0.25) is 5.02 Å². The molecule has 0 aromatic heterocycles. The van der Waals surface area contributed by atoms with Gasteiger partial charge in [0.15, 0.2) is 11.5 Å². The van der Waals surface area contributed by atoms with E-state index >= 15 is 0 Å². The normalized spacial score (nSPS) is 16.9. The van der Waals surface area contributed by atoms with Crippen molar-refractivity contribution >= 4 is 29.2 Å². The van der Waals surface area contributed by atoms with Gasteiger partial charge >= 0.3 is 6.03 Å². The Morgan fingerprint density at radius 3 is 2.59 bits per heavy atom. The zero-order valence-corrected chi connectivity index (χ0v) is 18.9. The third-order valence-electron chi connectivity index (χ3n) is 5.90. The van der Waals surface area contributed by atoms with Crippen molar-refractivity contribution in [3.63, 3.8) is 0 Å². The summed E-state index contributed by atoms with van der Waals surface area (Å²) in [6, 6.07) is 12.6. The van der Waals surface area contributed by atoms with Gasteiger partial charge < -0.3 is 25.0 Å². The zero-order valence-electron chi connectivity index (χ0n) is 18.1. The van der Waals surface area contributed by atoms with E-state index in [-0.39, 0.29) is 23.9 Å². The molecule has 2 aliphatic rings. The molecule has 32 heavy (non-hydrogen) atoms. The summed E-state index contributed by atoms with van der Waals surface area (Å²) in [5.74, 6) is 1.75. The van der Waals surface area contributed by atoms with Crippen molar-refractivity contribution in [2.75, 3.05) is 31.6 Å². The molecule has 2 heterocycles. The van der Waals surface area contributed by atoms with Crippen LogP contribution >= 0.6 is 11.6 Å². The molecule has 2 N–H and O–H groups in total. The first kappa shape index (κ1) is 22.3. The molecule has 0 unspecified atom stereocenters. The van der Waals surface area contributed by atoms with Crippen LogP contribution in [0.3, 0.4) is 0 Å². The maximum Gasteiger partial charge on any atom is 0.321 e. The second-order valence-corrected chi connectivity index (χ2v) is 8.70. The van der Waals surface area contributed by atoms with Crippen LogP contribution in [-0.2, 0) is 4.79 Å². The number of nitrogens with zero attached hydrogens (tertiary/aromatic N) is 1. The molecule has 1 atom stereocenters. The van der Waals surface area contributed by atoms with E-state index in [1.54, 1.807) is 23.1 Å².